The molecule has 0 aliphatic carbocycles. The summed E-state index contributed by atoms with van der Waals surface area (Å²) >= 11 is 12.1. The number of nitrogens with one attached hydrogen (secondary N) is 1. The number of ether oxygens (including phenoxy) is 1. The standard InChI is InChI=1S/C15H16Cl2N2O/c1-2-20-14-6-4-3-5-13(14)15(19-18)10-7-11(16)9-12(17)8-10/h3-9,15,19H,2,18H2,1H3. The van der Waals surface area contributed by atoms with Gasteiger partial charge in [-0.25, -0.2) is 5.43 Å². The molecule has 3 nitrogen and oxygen atoms in total. The lowest BCUT2D eigenvalue weighted by Gasteiger charge is -2.20. The van der Waals surface area contributed by atoms with E-state index in [0.29, 0.717) is 16.7 Å². The molecular formula is C15H16Cl2N2O. The molecule has 0 bridgehead atoms. The number of rotatable bonds is 5. The van der Waals surface area contributed by atoms with Gasteiger partial charge < -0.3 is 4.74 Å². The highest BCUT2D eigenvalue weighted by atomic mass is 35.5. The minimum Gasteiger partial charge on any atom is -0.494 e. The second-order valence-electron chi connectivity index (χ2n) is 4.27. The minimum absolute atomic E-state index is 0.242. The molecule has 0 spiro atoms. The van der Waals surface area contributed by atoms with E-state index in [2.05, 4.69) is 5.43 Å². The van der Waals surface area contributed by atoms with E-state index in [1.807, 2.05) is 43.3 Å². The van der Waals surface area contributed by atoms with Crippen molar-refractivity contribution in [3.63, 3.8) is 0 Å². The number of hydrogen-bond acceptors (Lipinski definition) is 3. The molecule has 0 radical (unpaired) electrons. The van der Waals surface area contributed by atoms with Gasteiger partial charge in [-0.2, -0.15) is 0 Å². The number of benzene rings is 2. The quantitative estimate of drug-likeness (QED) is 0.649. The van der Waals surface area contributed by atoms with Crippen LogP contribution in [0.3, 0.4) is 0 Å². The predicted octanol–water partition coefficient (Wildman–Crippen LogP) is 3.94. The molecule has 0 aromatic heterocycles. The molecule has 0 amide bonds. The van der Waals surface area contributed by atoms with Crippen LogP contribution in [-0.4, -0.2) is 6.61 Å². The average molecular weight is 311 g/mol. The summed E-state index contributed by atoms with van der Waals surface area (Å²) in [5.74, 6) is 6.50. The fourth-order valence-corrected chi connectivity index (χ4v) is 2.66. The van der Waals surface area contributed by atoms with Crippen molar-refractivity contribution in [2.45, 2.75) is 13.0 Å². The summed E-state index contributed by atoms with van der Waals surface area (Å²) in [5.41, 5.74) is 4.62. The van der Waals surface area contributed by atoms with Gasteiger partial charge in [-0.15, -0.1) is 0 Å². The maximum Gasteiger partial charge on any atom is 0.124 e. The lowest BCUT2D eigenvalue weighted by molar-refractivity contribution is 0.333. The summed E-state index contributed by atoms with van der Waals surface area (Å²) in [7, 11) is 0. The Balaban J connectivity index is 2.46. The van der Waals surface area contributed by atoms with E-state index in [9.17, 15) is 0 Å². The van der Waals surface area contributed by atoms with Crippen molar-refractivity contribution in [3.8, 4) is 5.75 Å². The van der Waals surface area contributed by atoms with Crippen molar-refractivity contribution >= 4 is 23.2 Å². The molecular weight excluding hydrogens is 295 g/mol. The van der Waals surface area contributed by atoms with Gasteiger partial charge in [0.05, 0.1) is 12.6 Å². The second-order valence-corrected chi connectivity index (χ2v) is 5.15. The third kappa shape index (κ3) is 3.44. The lowest BCUT2D eigenvalue weighted by atomic mass is 9.98. The zero-order valence-electron chi connectivity index (χ0n) is 11.1. The summed E-state index contributed by atoms with van der Waals surface area (Å²) in [5, 5.41) is 1.14. The Hall–Kier alpha value is -1.26. The normalized spacial score (nSPS) is 12.2. The molecule has 20 heavy (non-hydrogen) atoms. The summed E-state index contributed by atoms with van der Waals surface area (Å²) < 4.78 is 5.64. The zero-order chi connectivity index (χ0) is 14.5. The molecule has 0 aliphatic rings. The average Bonchev–Trinajstić information content (AvgIpc) is 2.41. The third-order valence-corrected chi connectivity index (χ3v) is 3.35. The first-order chi connectivity index (χ1) is 9.65. The lowest BCUT2D eigenvalue weighted by Crippen LogP contribution is -2.29. The smallest absolute Gasteiger partial charge is 0.124 e. The van der Waals surface area contributed by atoms with Crippen LogP contribution in [0.5, 0.6) is 5.75 Å². The Bertz CT molecular complexity index is 570. The van der Waals surface area contributed by atoms with Crippen molar-refractivity contribution in [2.75, 3.05) is 6.61 Å². The molecule has 0 aliphatic heterocycles. The van der Waals surface area contributed by atoms with Gasteiger partial charge in [0.25, 0.3) is 0 Å². The topological polar surface area (TPSA) is 47.3 Å². The van der Waals surface area contributed by atoms with Crippen LogP contribution in [0.15, 0.2) is 42.5 Å². The molecule has 0 fully saturated rings. The van der Waals surface area contributed by atoms with Crippen molar-refractivity contribution in [1.82, 2.24) is 5.43 Å². The molecule has 3 N–H and O–H groups in total. The molecule has 0 heterocycles. The van der Waals surface area contributed by atoms with E-state index in [1.54, 1.807) is 6.07 Å². The highest BCUT2D eigenvalue weighted by molar-refractivity contribution is 6.34. The van der Waals surface area contributed by atoms with Crippen LogP contribution in [0.25, 0.3) is 0 Å². The van der Waals surface area contributed by atoms with Crippen molar-refractivity contribution in [2.24, 2.45) is 5.84 Å². The first kappa shape index (κ1) is 15.1. The van der Waals surface area contributed by atoms with E-state index in [-0.39, 0.29) is 6.04 Å². The Kier molecular flexibility index (Phi) is 5.26. The molecule has 1 unspecified atom stereocenters. The Morgan fingerprint density at radius 1 is 1.15 bits per heavy atom. The summed E-state index contributed by atoms with van der Waals surface area (Å²) in [6.45, 7) is 2.53. The Labute approximate surface area is 128 Å². The van der Waals surface area contributed by atoms with Gasteiger partial charge in [0, 0.05) is 15.6 Å². The SMILES string of the molecule is CCOc1ccccc1C(NN)c1cc(Cl)cc(Cl)c1. The number of nitrogens with two attached hydrogens (primary N) is 1. The van der Waals surface area contributed by atoms with Crippen molar-refractivity contribution < 1.29 is 4.74 Å². The van der Waals surface area contributed by atoms with E-state index in [0.717, 1.165) is 16.9 Å². The number of hydrazine groups is 1. The fraction of sp³-hybridized carbons (Fsp3) is 0.200. The zero-order valence-corrected chi connectivity index (χ0v) is 12.6. The van der Waals surface area contributed by atoms with Crippen LogP contribution >= 0.6 is 23.2 Å². The summed E-state index contributed by atoms with van der Waals surface area (Å²) in [4.78, 5) is 0. The van der Waals surface area contributed by atoms with E-state index in [1.165, 1.54) is 0 Å². The first-order valence-corrected chi connectivity index (χ1v) is 7.05. The third-order valence-electron chi connectivity index (χ3n) is 2.91. The second kappa shape index (κ2) is 6.95. The molecule has 2 aromatic rings. The molecule has 106 valence electrons. The maximum atomic E-state index is 6.06. The summed E-state index contributed by atoms with van der Waals surface area (Å²) in [6, 6.07) is 12.9. The predicted molar refractivity (Wildman–Crippen MR) is 83.2 cm³/mol. The molecule has 0 saturated carbocycles. The van der Waals surface area contributed by atoms with Gasteiger partial charge in [-0.1, -0.05) is 41.4 Å². The summed E-state index contributed by atoms with van der Waals surface area (Å²) in [6.07, 6.45) is 0. The van der Waals surface area contributed by atoms with Crippen LogP contribution in [0.2, 0.25) is 10.0 Å². The first-order valence-electron chi connectivity index (χ1n) is 6.29. The van der Waals surface area contributed by atoms with Crippen molar-refractivity contribution in [1.29, 1.82) is 0 Å². The van der Waals surface area contributed by atoms with Gasteiger partial charge in [0.15, 0.2) is 0 Å². The van der Waals surface area contributed by atoms with Gasteiger partial charge in [0.1, 0.15) is 5.75 Å². The highest BCUT2D eigenvalue weighted by Crippen LogP contribution is 2.32. The van der Waals surface area contributed by atoms with Gasteiger partial charge in [-0.3, -0.25) is 5.84 Å². The number of halogens is 2. The van der Waals surface area contributed by atoms with Crippen LogP contribution in [-0.2, 0) is 0 Å². The Morgan fingerprint density at radius 3 is 2.40 bits per heavy atom. The van der Waals surface area contributed by atoms with Crippen LogP contribution < -0.4 is 16.0 Å². The van der Waals surface area contributed by atoms with E-state index in [4.69, 9.17) is 33.8 Å². The number of para-hydroxylation sites is 1. The highest BCUT2D eigenvalue weighted by Gasteiger charge is 2.17. The largest absolute Gasteiger partial charge is 0.494 e. The molecule has 5 heteroatoms. The molecule has 0 saturated heterocycles. The maximum absolute atomic E-state index is 6.06. The van der Waals surface area contributed by atoms with Crippen LogP contribution in [0.1, 0.15) is 24.1 Å². The van der Waals surface area contributed by atoms with Crippen LogP contribution in [0.4, 0.5) is 0 Å². The molecule has 1 atom stereocenters. The minimum atomic E-state index is -0.242. The van der Waals surface area contributed by atoms with Crippen molar-refractivity contribution in [3.05, 3.63) is 63.6 Å². The van der Waals surface area contributed by atoms with E-state index >= 15 is 0 Å². The van der Waals surface area contributed by atoms with Gasteiger partial charge in [0.2, 0.25) is 0 Å². The van der Waals surface area contributed by atoms with Crippen LogP contribution in [0, 0.1) is 0 Å². The fourth-order valence-electron chi connectivity index (χ4n) is 2.11. The van der Waals surface area contributed by atoms with E-state index < -0.39 is 0 Å². The monoisotopic (exact) mass is 310 g/mol. The van der Waals surface area contributed by atoms with Gasteiger partial charge >= 0.3 is 0 Å². The molecule has 2 rings (SSSR count). The molecule has 2 aromatic carbocycles. The van der Waals surface area contributed by atoms with Gasteiger partial charge in [-0.05, 0) is 36.8 Å². The number of hydrogen-bond donors (Lipinski definition) is 2. The Morgan fingerprint density at radius 2 is 1.80 bits per heavy atom.